The molecule has 0 saturated carbocycles. The number of phenols is 2. The first-order valence-electron chi connectivity index (χ1n) is 5.68. The average Bonchev–Trinajstić information content (AvgIpc) is 2.42. The second kappa shape index (κ2) is 5.71. The number of rotatable bonds is 3. The van der Waals surface area contributed by atoms with Gasteiger partial charge in [0, 0.05) is 17.3 Å². The minimum atomic E-state index is -0.426. The number of hydrogen-bond acceptors (Lipinski definition) is 4. The summed E-state index contributed by atoms with van der Waals surface area (Å²) in [5.74, 6) is -0.392. The summed E-state index contributed by atoms with van der Waals surface area (Å²) in [5.41, 5.74) is 0.657. The van der Waals surface area contributed by atoms with Crippen LogP contribution in [0.3, 0.4) is 0 Å². The van der Waals surface area contributed by atoms with Gasteiger partial charge in [-0.2, -0.15) is 0 Å². The second-order valence-corrected chi connectivity index (χ2v) is 4.41. The molecule has 6 heteroatoms. The SMILES string of the molecule is COc1ccc(C(=O)Nc2ccc(Cl)c(O)c2)cc1O. The molecule has 0 radical (unpaired) electrons. The summed E-state index contributed by atoms with van der Waals surface area (Å²) in [6.45, 7) is 0. The minimum absolute atomic E-state index is 0.123. The molecule has 0 aromatic heterocycles. The first-order valence-corrected chi connectivity index (χ1v) is 6.06. The first kappa shape index (κ1) is 14.0. The van der Waals surface area contributed by atoms with E-state index < -0.39 is 5.91 Å². The largest absolute Gasteiger partial charge is 0.506 e. The molecule has 104 valence electrons. The van der Waals surface area contributed by atoms with Gasteiger partial charge < -0.3 is 20.3 Å². The zero-order valence-corrected chi connectivity index (χ0v) is 11.3. The van der Waals surface area contributed by atoms with Crippen LogP contribution in [0, 0.1) is 0 Å². The van der Waals surface area contributed by atoms with E-state index in [-0.39, 0.29) is 27.8 Å². The Labute approximate surface area is 120 Å². The molecule has 5 nitrogen and oxygen atoms in total. The molecule has 2 rings (SSSR count). The number of anilines is 1. The van der Waals surface area contributed by atoms with Crippen LogP contribution in [0.25, 0.3) is 0 Å². The van der Waals surface area contributed by atoms with Crippen LogP contribution in [-0.2, 0) is 0 Å². The molecular formula is C14H12ClNO4. The summed E-state index contributed by atoms with van der Waals surface area (Å²) in [7, 11) is 1.42. The van der Waals surface area contributed by atoms with E-state index in [9.17, 15) is 15.0 Å². The monoisotopic (exact) mass is 293 g/mol. The number of phenolic OH excluding ortho intramolecular Hbond substituents is 2. The van der Waals surface area contributed by atoms with Gasteiger partial charge in [0.25, 0.3) is 5.91 Å². The van der Waals surface area contributed by atoms with E-state index in [1.165, 1.54) is 37.4 Å². The second-order valence-electron chi connectivity index (χ2n) is 4.01. The van der Waals surface area contributed by atoms with Crippen molar-refractivity contribution in [3.05, 3.63) is 47.0 Å². The summed E-state index contributed by atoms with van der Waals surface area (Å²) >= 11 is 5.68. The zero-order chi connectivity index (χ0) is 14.7. The van der Waals surface area contributed by atoms with Gasteiger partial charge in [0.15, 0.2) is 11.5 Å². The molecule has 0 spiro atoms. The van der Waals surface area contributed by atoms with Crippen LogP contribution >= 0.6 is 11.6 Å². The van der Waals surface area contributed by atoms with E-state index in [4.69, 9.17) is 16.3 Å². The van der Waals surface area contributed by atoms with Gasteiger partial charge in [-0.15, -0.1) is 0 Å². The van der Waals surface area contributed by atoms with Crippen LogP contribution in [0.4, 0.5) is 5.69 Å². The molecule has 0 aliphatic rings. The topological polar surface area (TPSA) is 78.8 Å². The highest BCUT2D eigenvalue weighted by Crippen LogP contribution is 2.28. The normalized spacial score (nSPS) is 10.1. The number of hydrogen-bond donors (Lipinski definition) is 3. The van der Waals surface area contributed by atoms with Gasteiger partial charge in [0.1, 0.15) is 5.75 Å². The molecule has 3 N–H and O–H groups in total. The third-order valence-electron chi connectivity index (χ3n) is 2.65. The lowest BCUT2D eigenvalue weighted by molar-refractivity contribution is 0.102. The van der Waals surface area contributed by atoms with Crippen LogP contribution in [0.2, 0.25) is 5.02 Å². The maximum atomic E-state index is 12.0. The highest BCUT2D eigenvalue weighted by Gasteiger charge is 2.10. The molecule has 20 heavy (non-hydrogen) atoms. The Bertz CT molecular complexity index is 658. The van der Waals surface area contributed by atoms with Crippen molar-refractivity contribution in [2.75, 3.05) is 12.4 Å². The fourth-order valence-corrected chi connectivity index (χ4v) is 1.74. The lowest BCUT2D eigenvalue weighted by Gasteiger charge is -2.08. The van der Waals surface area contributed by atoms with Crippen molar-refractivity contribution >= 4 is 23.2 Å². The maximum absolute atomic E-state index is 12.0. The van der Waals surface area contributed by atoms with Gasteiger partial charge in [0.2, 0.25) is 0 Å². The molecule has 0 fully saturated rings. The van der Waals surface area contributed by atoms with Crippen LogP contribution in [0.1, 0.15) is 10.4 Å². The Balaban J connectivity index is 2.19. The van der Waals surface area contributed by atoms with Crippen molar-refractivity contribution < 1.29 is 19.7 Å². The van der Waals surface area contributed by atoms with Crippen molar-refractivity contribution in [1.29, 1.82) is 0 Å². The van der Waals surface area contributed by atoms with E-state index in [0.717, 1.165) is 0 Å². The lowest BCUT2D eigenvalue weighted by Crippen LogP contribution is -2.11. The minimum Gasteiger partial charge on any atom is -0.506 e. The fraction of sp³-hybridized carbons (Fsp3) is 0.0714. The number of nitrogens with one attached hydrogen (secondary N) is 1. The van der Waals surface area contributed by atoms with Crippen molar-refractivity contribution in [3.8, 4) is 17.2 Å². The molecule has 0 aliphatic carbocycles. The Morgan fingerprint density at radius 1 is 1.15 bits per heavy atom. The standard InChI is InChI=1S/C14H12ClNO4/c1-20-13-5-2-8(6-12(13)18)14(19)16-9-3-4-10(15)11(17)7-9/h2-7,17-18H,1H3,(H,16,19). The Morgan fingerprint density at radius 2 is 1.90 bits per heavy atom. The Morgan fingerprint density at radius 3 is 2.50 bits per heavy atom. The number of aromatic hydroxyl groups is 2. The van der Waals surface area contributed by atoms with Crippen LogP contribution < -0.4 is 10.1 Å². The number of carbonyl (C=O) groups excluding carboxylic acids is 1. The summed E-state index contributed by atoms with van der Waals surface area (Å²) in [5, 5.41) is 21.9. The number of ether oxygens (including phenoxy) is 1. The summed E-state index contributed by atoms with van der Waals surface area (Å²) < 4.78 is 4.90. The van der Waals surface area contributed by atoms with E-state index in [1.54, 1.807) is 6.07 Å². The molecule has 2 aromatic rings. The summed E-state index contributed by atoms with van der Waals surface area (Å²) in [6.07, 6.45) is 0. The van der Waals surface area contributed by atoms with Gasteiger partial charge in [-0.1, -0.05) is 11.6 Å². The first-order chi connectivity index (χ1) is 9.51. The maximum Gasteiger partial charge on any atom is 0.255 e. The molecular weight excluding hydrogens is 282 g/mol. The number of methoxy groups -OCH3 is 1. The van der Waals surface area contributed by atoms with E-state index in [2.05, 4.69) is 5.32 Å². The molecule has 0 atom stereocenters. The van der Waals surface area contributed by atoms with Gasteiger partial charge in [-0.3, -0.25) is 4.79 Å². The summed E-state index contributed by atoms with van der Waals surface area (Å²) in [4.78, 5) is 12.0. The molecule has 2 aromatic carbocycles. The number of carbonyl (C=O) groups is 1. The van der Waals surface area contributed by atoms with Crippen molar-refractivity contribution in [1.82, 2.24) is 0 Å². The van der Waals surface area contributed by atoms with Gasteiger partial charge in [0.05, 0.1) is 12.1 Å². The van der Waals surface area contributed by atoms with Gasteiger partial charge >= 0.3 is 0 Å². The Hall–Kier alpha value is -2.40. The molecule has 1 amide bonds. The predicted molar refractivity (Wildman–Crippen MR) is 75.7 cm³/mol. The lowest BCUT2D eigenvalue weighted by atomic mass is 10.2. The van der Waals surface area contributed by atoms with Crippen molar-refractivity contribution in [3.63, 3.8) is 0 Å². The van der Waals surface area contributed by atoms with Crippen molar-refractivity contribution in [2.45, 2.75) is 0 Å². The molecule has 0 unspecified atom stereocenters. The van der Waals surface area contributed by atoms with Crippen LogP contribution in [-0.4, -0.2) is 23.2 Å². The Kier molecular flexibility index (Phi) is 4.00. The molecule has 0 aliphatic heterocycles. The smallest absolute Gasteiger partial charge is 0.255 e. The average molecular weight is 294 g/mol. The molecule has 0 bridgehead atoms. The van der Waals surface area contributed by atoms with Gasteiger partial charge in [-0.05, 0) is 30.3 Å². The number of halogens is 1. The van der Waals surface area contributed by atoms with E-state index in [1.807, 2.05) is 0 Å². The predicted octanol–water partition coefficient (Wildman–Crippen LogP) is 3.01. The number of benzene rings is 2. The van der Waals surface area contributed by atoms with Gasteiger partial charge in [-0.25, -0.2) is 0 Å². The fourth-order valence-electron chi connectivity index (χ4n) is 1.62. The van der Waals surface area contributed by atoms with E-state index >= 15 is 0 Å². The number of amides is 1. The summed E-state index contributed by atoms with van der Waals surface area (Å²) in [6, 6.07) is 8.67. The highest BCUT2D eigenvalue weighted by molar-refractivity contribution is 6.32. The third kappa shape index (κ3) is 2.95. The van der Waals surface area contributed by atoms with E-state index in [0.29, 0.717) is 5.69 Å². The quantitative estimate of drug-likeness (QED) is 0.813. The van der Waals surface area contributed by atoms with Crippen LogP contribution in [0.5, 0.6) is 17.2 Å². The van der Waals surface area contributed by atoms with Crippen molar-refractivity contribution in [2.24, 2.45) is 0 Å². The molecule has 0 saturated heterocycles. The zero-order valence-electron chi connectivity index (χ0n) is 10.6. The molecule has 0 heterocycles. The van der Waals surface area contributed by atoms with Crippen LogP contribution in [0.15, 0.2) is 36.4 Å². The highest BCUT2D eigenvalue weighted by atomic mass is 35.5. The third-order valence-corrected chi connectivity index (χ3v) is 2.96.